The first-order chi connectivity index (χ1) is 12.8. The monoisotopic (exact) mass is 398 g/mol. The van der Waals surface area contributed by atoms with E-state index in [-0.39, 0.29) is 28.6 Å². The molecule has 1 aliphatic carbocycles. The topological polar surface area (TPSA) is 104 Å². The summed E-state index contributed by atoms with van der Waals surface area (Å²) in [5.41, 5.74) is 0. The van der Waals surface area contributed by atoms with Crippen LogP contribution in [0.1, 0.15) is 58.8 Å². The van der Waals surface area contributed by atoms with Crippen LogP contribution in [-0.2, 0) is 19.2 Å². The third kappa shape index (κ3) is 5.96. The maximum Gasteiger partial charge on any atom is 0.326 e. The van der Waals surface area contributed by atoms with Gasteiger partial charge in [-0.3, -0.25) is 14.4 Å². The summed E-state index contributed by atoms with van der Waals surface area (Å²) in [5.74, 6) is -1.41. The van der Waals surface area contributed by atoms with E-state index in [0.717, 1.165) is 37.4 Å². The number of carboxylic acids is 1. The quantitative estimate of drug-likeness (QED) is 0.680. The number of likely N-dealkylation sites (tertiary alicyclic amines) is 1. The van der Waals surface area contributed by atoms with Gasteiger partial charge in [-0.2, -0.15) is 0 Å². The predicted octanol–water partition coefficient (Wildman–Crippen LogP) is 2.04. The Morgan fingerprint density at radius 3 is 2.37 bits per heavy atom. The Labute approximate surface area is 164 Å². The summed E-state index contributed by atoms with van der Waals surface area (Å²) in [6.45, 7) is 3.83. The molecule has 0 aromatic heterocycles. The van der Waals surface area contributed by atoms with Crippen LogP contribution in [0.25, 0.3) is 0 Å². The van der Waals surface area contributed by atoms with Gasteiger partial charge in [0.15, 0.2) is 0 Å². The summed E-state index contributed by atoms with van der Waals surface area (Å²) < 4.78 is 0. The highest BCUT2D eigenvalue weighted by molar-refractivity contribution is 8.13. The van der Waals surface area contributed by atoms with Gasteiger partial charge in [0.1, 0.15) is 6.04 Å². The first-order valence-corrected chi connectivity index (χ1v) is 10.8. The van der Waals surface area contributed by atoms with Crippen LogP contribution in [0.5, 0.6) is 0 Å². The van der Waals surface area contributed by atoms with Crippen LogP contribution in [0.3, 0.4) is 0 Å². The second kappa shape index (κ2) is 10.1. The molecule has 2 amide bonds. The summed E-state index contributed by atoms with van der Waals surface area (Å²) in [4.78, 5) is 49.7. The number of carboxylic acid groups (broad SMARTS) is 1. The summed E-state index contributed by atoms with van der Waals surface area (Å²) in [5, 5.41) is 11.8. The van der Waals surface area contributed by atoms with Gasteiger partial charge < -0.3 is 15.3 Å². The number of aliphatic carboxylic acids is 1. The number of amides is 2. The van der Waals surface area contributed by atoms with Gasteiger partial charge in [0.2, 0.25) is 16.9 Å². The van der Waals surface area contributed by atoms with E-state index in [1.807, 2.05) is 0 Å². The molecule has 1 saturated heterocycles. The molecule has 8 heteroatoms. The fourth-order valence-corrected chi connectivity index (χ4v) is 4.59. The number of hydrogen-bond donors (Lipinski definition) is 2. The van der Waals surface area contributed by atoms with Gasteiger partial charge in [-0.1, -0.05) is 37.9 Å². The van der Waals surface area contributed by atoms with Crippen LogP contribution in [-0.4, -0.2) is 57.3 Å². The van der Waals surface area contributed by atoms with Crippen molar-refractivity contribution >= 4 is 34.7 Å². The molecule has 2 aliphatic rings. The Morgan fingerprint density at radius 1 is 1.07 bits per heavy atom. The molecule has 152 valence electrons. The molecule has 0 aromatic rings. The number of carbonyl (C=O) groups is 4. The average molecular weight is 399 g/mol. The summed E-state index contributed by atoms with van der Waals surface area (Å²) in [7, 11) is 0. The van der Waals surface area contributed by atoms with E-state index in [2.05, 4.69) is 5.32 Å². The van der Waals surface area contributed by atoms with Crippen molar-refractivity contribution < 1.29 is 24.3 Å². The number of carbonyl (C=O) groups excluding carboxylic acids is 3. The van der Waals surface area contributed by atoms with Crippen molar-refractivity contribution in [2.75, 3.05) is 12.3 Å². The van der Waals surface area contributed by atoms with E-state index in [1.54, 1.807) is 13.8 Å². The molecule has 0 radical (unpaired) electrons. The highest BCUT2D eigenvalue weighted by atomic mass is 32.2. The first-order valence-electron chi connectivity index (χ1n) is 9.81. The predicted molar refractivity (Wildman–Crippen MR) is 103 cm³/mol. The van der Waals surface area contributed by atoms with Crippen LogP contribution < -0.4 is 5.32 Å². The van der Waals surface area contributed by atoms with Crippen LogP contribution in [0.15, 0.2) is 0 Å². The molecule has 0 bridgehead atoms. The number of rotatable bonds is 7. The van der Waals surface area contributed by atoms with Gasteiger partial charge >= 0.3 is 5.97 Å². The normalized spacial score (nSPS) is 22.9. The minimum absolute atomic E-state index is 0.00243. The molecule has 27 heavy (non-hydrogen) atoms. The average Bonchev–Trinajstić information content (AvgIpc) is 3.15. The van der Waals surface area contributed by atoms with Crippen molar-refractivity contribution in [1.82, 2.24) is 10.2 Å². The highest BCUT2D eigenvalue weighted by Crippen LogP contribution is 2.24. The van der Waals surface area contributed by atoms with E-state index >= 15 is 0 Å². The zero-order chi connectivity index (χ0) is 20.0. The first kappa shape index (κ1) is 21.7. The number of thioether (sulfide) groups is 1. The molecular formula is C19H30N2O5S. The minimum atomic E-state index is -0.976. The highest BCUT2D eigenvalue weighted by Gasteiger charge is 2.36. The molecule has 1 aliphatic heterocycles. The zero-order valence-electron chi connectivity index (χ0n) is 16.1. The molecule has 2 N–H and O–H groups in total. The Kier molecular flexibility index (Phi) is 8.13. The van der Waals surface area contributed by atoms with E-state index in [4.69, 9.17) is 0 Å². The van der Waals surface area contributed by atoms with Gasteiger partial charge in [0, 0.05) is 24.1 Å². The van der Waals surface area contributed by atoms with Crippen molar-refractivity contribution in [1.29, 1.82) is 0 Å². The third-order valence-electron chi connectivity index (χ3n) is 5.41. The van der Waals surface area contributed by atoms with Crippen LogP contribution in [0, 0.1) is 11.8 Å². The van der Waals surface area contributed by atoms with E-state index in [1.165, 1.54) is 11.3 Å². The SMILES string of the molecule is C[C@@H](CSC(=O)[C@@H](C)NC(=O)C1CCCCC1)C(=O)N1CCC[C@H]1C(=O)O. The third-order valence-corrected chi connectivity index (χ3v) is 6.71. The largest absolute Gasteiger partial charge is 0.480 e. The van der Waals surface area contributed by atoms with Gasteiger partial charge in [-0.25, -0.2) is 4.79 Å². The van der Waals surface area contributed by atoms with Crippen molar-refractivity contribution in [3.63, 3.8) is 0 Å². The van der Waals surface area contributed by atoms with Crippen LogP contribution in [0.2, 0.25) is 0 Å². The van der Waals surface area contributed by atoms with Crippen molar-refractivity contribution in [2.24, 2.45) is 11.8 Å². The smallest absolute Gasteiger partial charge is 0.326 e. The fourth-order valence-electron chi connectivity index (χ4n) is 3.73. The van der Waals surface area contributed by atoms with Gasteiger partial charge in [-0.05, 0) is 32.6 Å². The lowest BCUT2D eigenvalue weighted by Crippen LogP contribution is -2.44. The molecular weight excluding hydrogens is 368 g/mol. The summed E-state index contributed by atoms with van der Waals surface area (Å²) in [6, 6.07) is -1.35. The Bertz CT molecular complexity index is 576. The van der Waals surface area contributed by atoms with Gasteiger partial charge in [0.05, 0.1) is 6.04 Å². The molecule has 2 fully saturated rings. The van der Waals surface area contributed by atoms with Crippen molar-refractivity contribution in [3.8, 4) is 0 Å². The fraction of sp³-hybridized carbons (Fsp3) is 0.789. The van der Waals surface area contributed by atoms with Gasteiger partial charge in [-0.15, -0.1) is 0 Å². The lowest BCUT2D eigenvalue weighted by Gasteiger charge is -2.25. The second-order valence-corrected chi connectivity index (χ2v) is 8.65. The maximum absolute atomic E-state index is 12.5. The number of hydrogen-bond acceptors (Lipinski definition) is 5. The molecule has 0 unspecified atom stereocenters. The summed E-state index contributed by atoms with van der Waals surface area (Å²) in [6.07, 6.45) is 6.21. The summed E-state index contributed by atoms with van der Waals surface area (Å²) >= 11 is 1.03. The van der Waals surface area contributed by atoms with Crippen LogP contribution >= 0.6 is 11.8 Å². The van der Waals surface area contributed by atoms with Crippen molar-refractivity contribution in [3.05, 3.63) is 0 Å². The molecule has 1 heterocycles. The Hall–Kier alpha value is -1.57. The van der Waals surface area contributed by atoms with E-state index in [9.17, 15) is 24.3 Å². The minimum Gasteiger partial charge on any atom is -0.480 e. The molecule has 7 nitrogen and oxygen atoms in total. The number of nitrogens with zero attached hydrogens (tertiary/aromatic N) is 1. The lowest BCUT2D eigenvalue weighted by atomic mass is 9.88. The van der Waals surface area contributed by atoms with E-state index < -0.39 is 24.0 Å². The van der Waals surface area contributed by atoms with Gasteiger partial charge in [0.25, 0.3) is 0 Å². The van der Waals surface area contributed by atoms with Crippen LogP contribution in [0.4, 0.5) is 0 Å². The maximum atomic E-state index is 12.5. The standard InChI is InChI=1S/C19H30N2O5S/c1-12(17(23)21-10-6-9-15(21)18(24)25)11-27-19(26)13(2)20-16(22)14-7-4-3-5-8-14/h12-15H,3-11H2,1-2H3,(H,20,22)(H,24,25)/t12-,13+,15-/m0/s1. The van der Waals surface area contributed by atoms with E-state index in [0.29, 0.717) is 19.4 Å². The lowest BCUT2D eigenvalue weighted by molar-refractivity contribution is -0.149. The van der Waals surface area contributed by atoms with Crippen molar-refractivity contribution in [2.45, 2.75) is 70.9 Å². The molecule has 3 atom stereocenters. The Balaban J connectivity index is 1.77. The number of nitrogens with one attached hydrogen (secondary N) is 1. The molecule has 2 rings (SSSR count). The molecule has 0 spiro atoms. The Morgan fingerprint density at radius 2 is 1.74 bits per heavy atom. The second-order valence-electron chi connectivity index (χ2n) is 7.62. The molecule has 0 aromatic carbocycles. The zero-order valence-corrected chi connectivity index (χ0v) is 16.9. The molecule has 1 saturated carbocycles.